The average molecular weight is 277 g/mol. The van der Waals surface area contributed by atoms with Crippen LogP contribution in [-0.4, -0.2) is 40.2 Å². The summed E-state index contributed by atoms with van der Waals surface area (Å²) in [6.07, 6.45) is 3.14. The fraction of sp³-hybridized carbons (Fsp3) is 0.583. The van der Waals surface area contributed by atoms with E-state index in [0.29, 0.717) is 5.69 Å². The average Bonchev–Trinajstić information content (AvgIpc) is 2.41. The first-order valence-electron chi connectivity index (χ1n) is 6.39. The van der Waals surface area contributed by atoms with E-state index in [1.807, 2.05) is 0 Å². The molecule has 8 heteroatoms. The van der Waals surface area contributed by atoms with Crippen LogP contribution < -0.4 is 11.1 Å². The summed E-state index contributed by atoms with van der Waals surface area (Å²) in [6.45, 7) is 0. The van der Waals surface area contributed by atoms with Gasteiger partial charge in [0.2, 0.25) is 11.9 Å². The second-order valence-electron chi connectivity index (χ2n) is 5.29. The van der Waals surface area contributed by atoms with Crippen LogP contribution in [0, 0.1) is 11.3 Å². The molecule has 4 rings (SSSR count). The van der Waals surface area contributed by atoms with Gasteiger partial charge in [-0.05, 0) is 18.8 Å². The van der Waals surface area contributed by atoms with E-state index < -0.39 is 11.4 Å². The molecule has 2 aliphatic heterocycles. The Morgan fingerprint density at radius 3 is 2.85 bits per heavy atom. The van der Waals surface area contributed by atoms with Crippen LogP contribution in [0.5, 0.6) is 0 Å². The standard InChI is InChI=1S/C12H15N5O3/c1-20-10(19)12(4-8-5-14-11(13)17-16-8)6-2-7(3-6)15-9(12)18/h5-7H,2-4H2,1H3,(H,15,18)(H2,13,14,17). The van der Waals surface area contributed by atoms with E-state index in [0.717, 1.165) is 12.8 Å². The number of nitrogen functional groups attached to an aromatic ring is 1. The third kappa shape index (κ3) is 1.71. The third-order valence-corrected chi connectivity index (χ3v) is 4.21. The van der Waals surface area contributed by atoms with Crippen molar-refractivity contribution in [3.05, 3.63) is 11.9 Å². The lowest BCUT2D eigenvalue weighted by atomic mass is 9.57. The molecule has 3 fully saturated rings. The van der Waals surface area contributed by atoms with Gasteiger partial charge in [0.25, 0.3) is 0 Å². The summed E-state index contributed by atoms with van der Waals surface area (Å²) in [7, 11) is 1.29. The molecule has 1 aliphatic carbocycles. The molecule has 1 atom stereocenters. The molecule has 2 bridgehead atoms. The first-order valence-corrected chi connectivity index (χ1v) is 6.39. The monoisotopic (exact) mass is 277 g/mol. The van der Waals surface area contributed by atoms with E-state index >= 15 is 0 Å². The highest BCUT2D eigenvalue weighted by Gasteiger charge is 2.61. The summed E-state index contributed by atoms with van der Waals surface area (Å²) in [6, 6.07) is 0.181. The SMILES string of the molecule is COC(=O)C1(Cc2cnc(N)nn2)C(=O)NC2CC1C2. The lowest BCUT2D eigenvalue weighted by molar-refractivity contribution is -0.173. The van der Waals surface area contributed by atoms with Crippen LogP contribution in [0.3, 0.4) is 0 Å². The molecular weight excluding hydrogens is 262 g/mol. The van der Waals surface area contributed by atoms with Gasteiger partial charge in [0.1, 0.15) is 0 Å². The van der Waals surface area contributed by atoms with Gasteiger partial charge in [0.15, 0.2) is 5.41 Å². The molecule has 1 aromatic heterocycles. The van der Waals surface area contributed by atoms with Crippen molar-refractivity contribution in [1.82, 2.24) is 20.5 Å². The number of nitrogens with one attached hydrogen (secondary N) is 1. The van der Waals surface area contributed by atoms with Gasteiger partial charge in [-0.25, -0.2) is 4.98 Å². The molecular formula is C12H15N5O3. The van der Waals surface area contributed by atoms with Crippen molar-refractivity contribution >= 4 is 17.8 Å². The van der Waals surface area contributed by atoms with Crippen molar-refractivity contribution in [2.45, 2.75) is 25.3 Å². The third-order valence-electron chi connectivity index (χ3n) is 4.21. The Morgan fingerprint density at radius 1 is 1.55 bits per heavy atom. The summed E-state index contributed by atoms with van der Waals surface area (Å²) in [5.74, 6) is -0.794. The number of fused-ring (bicyclic) bond motifs is 2. The van der Waals surface area contributed by atoms with Gasteiger partial charge in [-0.2, -0.15) is 5.10 Å². The van der Waals surface area contributed by atoms with Gasteiger partial charge in [-0.3, -0.25) is 9.59 Å². The predicted molar refractivity (Wildman–Crippen MR) is 67.0 cm³/mol. The Labute approximate surface area is 115 Å². The molecule has 3 N–H and O–H groups in total. The Bertz CT molecular complexity index is 545. The minimum Gasteiger partial charge on any atom is -0.468 e. The van der Waals surface area contributed by atoms with Crippen molar-refractivity contribution in [3.63, 3.8) is 0 Å². The Morgan fingerprint density at radius 2 is 2.30 bits per heavy atom. The van der Waals surface area contributed by atoms with Crippen molar-refractivity contribution < 1.29 is 14.3 Å². The summed E-state index contributed by atoms with van der Waals surface area (Å²) in [4.78, 5) is 28.4. The smallest absolute Gasteiger partial charge is 0.322 e. The summed E-state index contributed by atoms with van der Waals surface area (Å²) < 4.78 is 4.86. The number of rotatable bonds is 3. The number of nitrogens with two attached hydrogens (primary N) is 1. The number of aromatic nitrogens is 3. The minimum absolute atomic E-state index is 0.0203. The highest BCUT2D eigenvalue weighted by atomic mass is 16.5. The van der Waals surface area contributed by atoms with Crippen LogP contribution in [0.2, 0.25) is 0 Å². The zero-order chi connectivity index (χ0) is 14.3. The number of nitrogens with zero attached hydrogens (tertiary/aromatic N) is 3. The second kappa shape index (κ2) is 4.39. The number of esters is 1. The van der Waals surface area contributed by atoms with Gasteiger partial charge in [-0.1, -0.05) is 0 Å². The Kier molecular flexibility index (Phi) is 2.81. The number of hydrogen-bond acceptors (Lipinski definition) is 7. The van der Waals surface area contributed by atoms with Crippen LogP contribution in [0.1, 0.15) is 18.5 Å². The quantitative estimate of drug-likeness (QED) is 0.540. The molecule has 8 nitrogen and oxygen atoms in total. The summed E-state index contributed by atoms with van der Waals surface area (Å²) in [5, 5.41) is 10.4. The zero-order valence-electron chi connectivity index (χ0n) is 11.0. The van der Waals surface area contributed by atoms with E-state index in [1.54, 1.807) is 0 Å². The molecule has 1 unspecified atom stereocenters. The van der Waals surface area contributed by atoms with E-state index in [9.17, 15) is 9.59 Å². The van der Waals surface area contributed by atoms with Crippen molar-refractivity contribution in [2.75, 3.05) is 12.8 Å². The number of piperidine rings is 2. The molecule has 20 heavy (non-hydrogen) atoms. The van der Waals surface area contributed by atoms with Crippen molar-refractivity contribution in [3.8, 4) is 0 Å². The van der Waals surface area contributed by atoms with E-state index in [-0.39, 0.29) is 30.2 Å². The zero-order valence-corrected chi connectivity index (χ0v) is 11.0. The number of anilines is 1. The van der Waals surface area contributed by atoms with Gasteiger partial charge < -0.3 is 15.8 Å². The highest BCUT2D eigenvalue weighted by molar-refractivity contribution is 6.04. The lowest BCUT2D eigenvalue weighted by Crippen LogP contribution is -2.67. The van der Waals surface area contributed by atoms with E-state index in [4.69, 9.17) is 10.5 Å². The van der Waals surface area contributed by atoms with Crippen molar-refractivity contribution in [1.29, 1.82) is 0 Å². The fourth-order valence-electron chi connectivity index (χ4n) is 3.05. The topological polar surface area (TPSA) is 120 Å². The van der Waals surface area contributed by atoms with Crippen LogP contribution in [0.15, 0.2) is 6.20 Å². The number of hydrogen-bond donors (Lipinski definition) is 2. The van der Waals surface area contributed by atoms with Crippen LogP contribution in [0.25, 0.3) is 0 Å². The molecule has 0 aromatic carbocycles. The molecule has 0 radical (unpaired) electrons. The second-order valence-corrected chi connectivity index (χ2v) is 5.29. The van der Waals surface area contributed by atoms with Gasteiger partial charge >= 0.3 is 5.97 Å². The summed E-state index contributed by atoms with van der Waals surface area (Å²) >= 11 is 0. The lowest BCUT2D eigenvalue weighted by Gasteiger charge is -2.51. The van der Waals surface area contributed by atoms with Gasteiger partial charge in [0.05, 0.1) is 19.0 Å². The minimum atomic E-state index is -1.23. The normalized spacial score (nSPS) is 31.1. The Balaban J connectivity index is 1.95. The number of amides is 1. The molecule has 3 aliphatic rings. The fourth-order valence-corrected chi connectivity index (χ4v) is 3.05. The van der Waals surface area contributed by atoms with Gasteiger partial charge in [0, 0.05) is 12.5 Å². The Hall–Kier alpha value is -2.25. The van der Waals surface area contributed by atoms with Gasteiger partial charge in [-0.15, -0.1) is 5.10 Å². The molecule has 2 saturated heterocycles. The molecule has 1 aromatic rings. The molecule has 106 valence electrons. The first kappa shape index (κ1) is 12.8. The highest BCUT2D eigenvalue weighted by Crippen LogP contribution is 2.49. The van der Waals surface area contributed by atoms with Crippen LogP contribution >= 0.6 is 0 Å². The largest absolute Gasteiger partial charge is 0.468 e. The maximum atomic E-state index is 12.3. The molecule has 1 saturated carbocycles. The van der Waals surface area contributed by atoms with E-state index in [2.05, 4.69) is 20.5 Å². The summed E-state index contributed by atoms with van der Waals surface area (Å²) in [5.41, 5.74) is 4.61. The number of methoxy groups -OCH3 is 1. The van der Waals surface area contributed by atoms with Crippen LogP contribution in [-0.2, 0) is 20.7 Å². The number of carbonyl (C=O) groups is 2. The number of ether oxygens (including phenoxy) is 1. The van der Waals surface area contributed by atoms with E-state index in [1.165, 1.54) is 13.3 Å². The molecule has 3 heterocycles. The first-order chi connectivity index (χ1) is 9.56. The molecule has 1 amide bonds. The maximum absolute atomic E-state index is 12.3. The predicted octanol–water partition coefficient (Wildman–Crippen LogP) is -0.936. The maximum Gasteiger partial charge on any atom is 0.322 e. The van der Waals surface area contributed by atoms with Crippen LogP contribution in [0.4, 0.5) is 5.95 Å². The molecule has 0 spiro atoms. The van der Waals surface area contributed by atoms with Crippen molar-refractivity contribution in [2.24, 2.45) is 11.3 Å². The number of carbonyl (C=O) groups excluding carboxylic acids is 2.